The summed E-state index contributed by atoms with van der Waals surface area (Å²) >= 11 is 0. The second-order valence-electron chi connectivity index (χ2n) is 0.671. The summed E-state index contributed by atoms with van der Waals surface area (Å²) in [5.74, 6) is -0.981. The monoisotopic (exact) mass is 151 g/mol. The van der Waals surface area contributed by atoms with E-state index in [2.05, 4.69) is 29.5 Å². The summed E-state index contributed by atoms with van der Waals surface area (Å²) in [5.41, 5.74) is 0. The number of carboxylic acids is 1. The Kier molecular flexibility index (Phi) is 13.2. The SMILES string of the molecule is C=CC(=O)O.P=NP. The molecule has 0 radical (unpaired) electrons. The Bertz CT molecular complexity index is 93.3. The minimum absolute atomic E-state index is 0.833. The normalized spacial score (nSPS) is 5.62. The maximum absolute atomic E-state index is 9.25. The fraction of sp³-hybridized carbons (Fsp3) is 0. The van der Waals surface area contributed by atoms with Gasteiger partial charge in [0.1, 0.15) is 0 Å². The average molecular weight is 151 g/mol. The summed E-state index contributed by atoms with van der Waals surface area (Å²) in [6.45, 7) is 2.96. The van der Waals surface area contributed by atoms with Gasteiger partial charge in [0.15, 0.2) is 0 Å². The molecule has 0 saturated carbocycles. The van der Waals surface area contributed by atoms with Crippen molar-refractivity contribution in [1.29, 1.82) is 0 Å². The van der Waals surface area contributed by atoms with Crippen LogP contribution in [0.25, 0.3) is 0 Å². The molecule has 46 valence electrons. The number of carboxylic acid groups (broad SMARTS) is 1. The van der Waals surface area contributed by atoms with Crippen molar-refractivity contribution in [3.63, 3.8) is 0 Å². The molecule has 0 spiro atoms. The molecule has 1 atom stereocenters. The molecule has 0 fully saturated rings. The lowest BCUT2D eigenvalue weighted by atomic mass is 10.7. The van der Waals surface area contributed by atoms with E-state index in [1.54, 1.807) is 0 Å². The molecule has 0 aliphatic heterocycles. The van der Waals surface area contributed by atoms with Gasteiger partial charge in [-0.25, -0.2) is 4.79 Å². The molecule has 0 saturated heterocycles. The second-order valence-corrected chi connectivity index (χ2v) is 1.70. The Hall–Kier alpha value is -0.260. The highest BCUT2D eigenvalue weighted by Gasteiger charge is 1.73. The van der Waals surface area contributed by atoms with Crippen LogP contribution in [0.5, 0.6) is 0 Å². The van der Waals surface area contributed by atoms with E-state index >= 15 is 0 Å². The van der Waals surface area contributed by atoms with Gasteiger partial charge >= 0.3 is 5.97 Å². The Morgan fingerprint density at radius 3 is 2.12 bits per heavy atom. The quantitative estimate of drug-likeness (QED) is 0.454. The smallest absolute Gasteiger partial charge is 0.327 e. The van der Waals surface area contributed by atoms with Crippen molar-refractivity contribution in [3.05, 3.63) is 12.7 Å². The van der Waals surface area contributed by atoms with E-state index in [9.17, 15) is 4.79 Å². The van der Waals surface area contributed by atoms with Crippen LogP contribution in [0.15, 0.2) is 17.2 Å². The Morgan fingerprint density at radius 2 is 2.12 bits per heavy atom. The number of carbonyl (C=O) groups is 1. The van der Waals surface area contributed by atoms with Crippen LogP contribution >= 0.6 is 18.4 Å². The number of hydrogen-bond acceptors (Lipinski definition) is 2. The van der Waals surface area contributed by atoms with Crippen molar-refractivity contribution in [1.82, 2.24) is 0 Å². The van der Waals surface area contributed by atoms with E-state index in [1.807, 2.05) is 0 Å². The predicted molar refractivity (Wildman–Crippen MR) is 38.3 cm³/mol. The lowest BCUT2D eigenvalue weighted by Crippen LogP contribution is -1.82. The first-order valence-electron chi connectivity index (χ1n) is 1.61. The first-order valence-corrected chi connectivity index (χ1v) is 2.57. The summed E-state index contributed by atoms with van der Waals surface area (Å²) in [7, 11) is 4.89. The lowest BCUT2D eigenvalue weighted by Gasteiger charge is -1.64. The van der Waals surface area contributed by atoms with Crippen molar-refractivity contribution >= 4 is 24.4 Å². The van der Waals surface area contributed by atoms with E-state index < -0.39 is 5.97 Å². The van der Waals surface area contributed by atoms with Gasteiger partial charge in [0.2, 0.25) is 0 Å². The summed E-state index contributed by atoms with van der Waals surface area (Å²) in [4.78, 5) is 9.25. The van der Waals surface area contributed by atoms with Gasteiger partial charge in [-0.3, -0.25) is 4.52 Å². The zero-order chi connectivity index (χ0) is 6.99. The van der Waals surface area contributed by atoms with Crippen LogP contribution in [-0.2, 0) is 4.79 Å². The molecule has 0 heterocycles. The van der Waals surface area contributed by atoms with Crippen LogP contribution in [0.2, 0.25) is 0 Å². The molecule has 1 unspecified atom stereocenters. The Balaban J connectivity index is 0. The number of aliphatic carboxylic acids is 1. The fourth-order valence-corrected chi connectivity index (χ4v) is 0. The summed E-state index contributed by atoms with van der Waals surface area (Å²) in [6.07, 6.45) is 0.833. The third-order valence-corrected chi connectivity index (χ3v) is 0.175. The predicted octanol–water partition coefficient (Wildman–Crippen LogP) is 1.36. The van der Waals surface area contributed by atoms with E-state index in [1.165, 1.54) is 0 Å². The van der Waals surface area contributed by atoms with E-state index in [4.69, 9.17) is 5.11 Å². The molecular weight excluding hydrogens is 144 g/mol. The average Bonchev–Trinajstić information content (AvgIpc) is 1.69. The van der Waals surface area contributed by atoms with E-state index in [-0.39, 0.29) is 0 Å². The molecule has 5 heteroatoms. The zero-order valence-corrected chi connectivity index (χ0v) is 6.32. The molecule has 0 aromatic carbocycles. The van der Waals surface area contributed by atoms with Crippen molar-refractivity contribution < 1.29 is 9.90 Å². The van der Waals surface area contributed by atoms with Crippen molar-refractivity contribution in [3.8, 4) is 0 Å². The molecule has 8 heavy (non-hydrogen) atoms. The molecule has 0 aliphatic rings. The third-order valence-electron chi connectivity index (χ3n) is 0.175. The first-order chi connectivity index (χ1) is 3.68. The van der Waals surface area contributed by atoms with Gasteiger partial charge in [-0.05, 0) is 18.4 Å². The highest BCUT2D eigenvalue weighted by Crippen LogP contribution is 1.79. The lowest BCUT2D eigenvalue weighted by molar-refractivity contribution is -0.131. The van der Waals surface area contributed by atoms with Crippen molar-refractivity contribution in [2.45, 2.75) is 0 Å². The second kappa shape index (κ2) is 9.88. The molecule has 0 rings (SSSR count). The van der Waals surface area contributed by atoms with Gasteiger partial charge in [-0.15, -0.1) is 0 Å². The number of hydrogen-bond donors (Lipinski definition) is 1. The Labute approximate surface area is 52.4 Å². The number of rotatable bonds is 1. The Morgan fingerprint density at radius 1 is 2.00 bits per heavy atom. The van der Waals surface area contributed by atoms with Crippen LogP contribution in [0, 0.1) is 0 Å². The fourth-order valence-electron chi connectivity index (χ4n) is 0. The first kappa shape index (κ1) is 10.7. The molecule has 0 bridgehead atoms. The summed E-state index contributed by atoms with van der Waals surface area (Å²) in [6, 6.07) is 0. The molecule has 0 amide bonds. The zero-order valence-electron chi connectivity index (χ0n) is 4.16. The van der Waals surface area contributed by atoms with Crippen LogP contribution in [0.1, 0.15) is 0 Å². The van der Waals surface area contributed by atoms with Crippen LogP contribution in [-0.4, -0.2) is 11.1 Å². The minimum atomic E-state index is -0.981. The van der Waals surface area contributed by atoms with Crippen LogP contribution in [0.4, 0.5) is 0 Å². The van der Waals surface area contributed by atoms with Gasteiger partial charge in [0, 0.05) is 6.08 Å². The molecule has 0 aromatic rings. The topological polar surface area (TPSA) is 49.7 Å². The van der Waals surface area contributed by atoms with Gasteiger partial charge in [-0.2, -0.15) is 0 Å². The molecule has 0 aromatic heterocycles. The highest BCUT2D eigenvalue weighted by molar-refractivity contribution is 7.23. The van der Waals surface area contributed by atoms with Crippen molar-refractivity contribution in [2.24, 2.45) is 4.52 Å². The molecule has 1 N–H and O–H groups in total. The van der Waals surface area contributed by atoms with Gasteiger partial charge in [0.25, 0.3) is 0 Å². The van der Waals surface area contributed by atoms with E-state index in [0.717, 1.165) is 6.08 Å². The minimum Gasteiger partial charge on any atom is -0.478 e. The van der Waals surface area contributed by atoms with Gasteiger partial charge in [0.05, 0.1) is 0 Å². The van der Waals surface area contributed by atoms with Crippen LogP contribution < -0.4 is 0 Å². The van der Waals surface area contributed by atoms with Gasteiger partial charge in [-0.1, -0.05) is 6.58 Å². The number of nitrogens with zero attached hydrogens (tertiary/aromatic N) is 1. The van der Waals surface area contributed by atoms with Gasteiger partial charge < -0.3 is 5.11 Å². The third kappa shape index (κ3) is 42.6. The van der Waals surface area contributed by atoms with Crippen LogP contribution in [0.3, 0.4) is 0 Å². The summed E-state index contributed by atoms with van der Waals surface area (Å²) in [5, 5.41) is 7.60. The van der Waals surface area contributed by atoms with E-state index in [0.29, 0.717) is 0 Å². The highest BCUT2D eigenvalue weighted by atomic mass is 31.1. The molecule has 0 aliphatic carbocycles. The standard InChI is InChI=1S/C3H4O2.H3NP2/c1-2-3(4)5;2-1-3/h2H,1H2,(H,4,5);2H,3H2. The maximum atomic E-state index is 9.25. The maximum Gasteiger partial charge on any atom is 0.327 e. The molecule has 3 nitrogen and oxygen atoms in total. The largest absolute Gasteiger partial charge is 0.478 e. The summed E-state index contributed by atoms with van der Waals surface area (Å²) < 4.78 is 3.22. The van der Waals surface area contributed by atoms with Crippen molar-refractivity contribution in [2.75, 3.05) is 0 Å². The molecular formula is C3H7NO2P2.